The Morgan fingerprint density at radius 2 is 2.00 bits per heavy atom. The van der Waals surface area contributed by atoms with Crippen LogP contribution in [-0.2, 0) is 24.2 Å². The van der Waals surface area contributed by atoms with Gasteiger partial charge < -0.3 is 5.32 Å². The molecule has 0 spiro atoms. The molecule has 0 fully saturated rings. The third-order valence-electron chi connectivity index (χ3n) is 5.03. The van der Waals surface area contributed by atoms with Gasteiger partial charge in [-0.1, -0.05) is 24.3 Å². The first kappa shape index (κ1) is 16.6. The zero-order chi connectivity index (χ0) is 18.1. The SMILES string of the molecule is CC(NC(=O)Cn1nc2ccccn2c1=O)c1ccc2c(c1)CCCC2. The normalized spacial score (nSPS) is 14.8. The van der Waals surface area contributed by atoms with Crippen molar-refractivity contribution in [3.63, 3.8) is 0 Å². The number of pyridine rings is 1. The Morgan fingerprint density at radius 1 is 1.19 bits per heavy atom. The minimum Gasteiger partial charge on any atom is -0.348 e. The number of aromatic nitrogens is 3. The molecule has 6 nitrogen and oxygen atoms in total. The Labute approximate surface area is 151 Å². The summed E-state index contributed by atoms with van der Waals surface area (Å²) in [5.41, 5.74) is 4.15. The molecular formula is C20H22N4O2. The number of hydrogen-bond acceptors (Lipinski definition) is 3. The van der Waals surface area contributed by atoms with Gasteiger partial charge in [-0.2, -0.15) is 0 Å². The summed E-state index contributed by atoms with van der Waals surface area (Å²) in [6, 6.07) is 11.7. The van der Waals surface area contributed by atoms with Crippen LogP contribution in [0.4, 0.5) is 0 Å². The van der Waals surface area contributed by atoms with Gasteiger partial charge in [-0.25, -0.2) is 9.48 Å². The van der Waals surface area contributed by atoms with Gasteiger partial charge in [0.1, 0.15) is 6.54 Å². The van der Waals surface area contributed by atoms with Crippen LogP contribution in [0.1, 0.15) is 42.5 Å². The van der Waals surface area contributed by atoms with Crippen LogP contribution in [0.2, 0.25) is 0 Å². The maximum absolute atomic E-state index is 12.4. The third-order valence-corrected chi connectivity index (χ3v) is 5.03. The molecule has 3 aromatic rings. The van der Waals surface area contributed by atoms with E-state index in [4.69, 9.17) is 0 Å². The molecule has 0 saturated carbocycles. The number of aryl methyl sites for hydroxylation is 2. The molecule has 1 aliphatic carbocycles. The first-order valence-corrected chi connectivity index (χ1v) is 9.07. The van der Waals surface area contributed by atoms with Crippen LogP contribution in [0.3, 0.4) is 0 Å². The molecule has 0 saturated heterocycles. The van der Waals surface area contributed by atoms with E-state index in [2.05, 4.69) is 28.6 Å². The average Bonchev–Trinajstić information content (AvgIpc) is 2.97. The number of carbonyl (C=O) groups is 1. The lowest BCUT2D eigenvalue weighted by atomic mass is 9.89. The van der Waals surface area contributed by atoms with Gasteiger partial charge in [0.15, 0.2) is 5.65 Å². The fraction of sp³-hybridized carbons (Fsp3) is 0.350. The van der Waals surface area contributed by atoms with E-state index in [0.29, 0.717) is 5.65 Å². The van der Waals surface area contributed by atoms with Gasteiger partial charge in [0.2, 0.25) is 5.91 Å². The molecule has 1 amide bonds. The highest BCUT2D eigenvalue weighted by Crippen LogP contribution is 2.24. The van der Waals surface area contributed by atoms with Crippen molar-refractivity contribution in [2.24, 2.45) is 0 Å². The predicted molar refractivity (Wildman–Crippen MR) is 99.1 cm³/mol. The molecule has 0 aliphatic heterocycles. The number of carbonyl (C=O) groups excluding carboxylic acids is 1. The minimum atomic E-state index is -0.308. The van der Waals surface area contributed by atoms with Gasteiger partial charge >= 0.3 is 5.69 Å². The van der Waals surface area contributed by atoms with E-state index in [1.54, 1.807) is 18.3 Å². The number of nitrogens with zero attached hydrogens (tertiary/aromatic N) is 3. The van der Waals surface area contributed by atoms with Crippen molar-refractivity contribution in [1.82, 2.24) is 19.5 Å². The van der Waals surface area contributed by atoms with Gasteiger partial charge in [-0.3, -0.25) is 9.20 Å². The first-order valence-electron chi connectivity index (χ1n) is 9.07. The minimum absolute atomic E-state index is 0.0875. The zero-order valence-electron chi connectivity index (χ0n) is 14.8. The topological polar surface area (TPSA) is 68.4 Å². The van der Waals surface area contributed by atoms with Crippen LogP contribution >= 0.6 is 0 Å². The van der Waals surface area contributed by atoms with Crippen molar-refractivity contribution in [1.29, 1.82) is 0 Å². The standard InChI is InChI=1S/C20H22N4O2/c1-14(16-10-9-15-6-2-3-7-17(15)12-16)21-19(25)13-24-20(26)23-11-5-4-8-18(23)22-24/h4-5,8-12,14H,2-3,6-7,13H2,1H3,(H,21,25). The van der Waals surface area contributed by atoms with Crippen LogP contribution in [0, 0.1) is 0 Å². The summed E-state index contributed by atoms with van der Waals surface area (Å²) >= 11 is 0. The number of amides is 1. The third kappa shape index (κ3) is 3.14. The van der Waals surface area contributed by atoms with Gasteiger partial charge in [0, 0.05) is 6.20 Å². The van der Waals surface area contributed by atoms with Crippen molar-refractivity contribution in [2.45, 2.75) is 45.2 Å². The molecule has 0 radical (unpaired) electrons. The lowest BCUT2D eigenvalue weighted by molar-refractivity contribution is -0.122. The second kappa shape index (κ2) is 6.78. The van der Waals surface area contributed by atoms with Crippen LogP contribution in [0.15, 0.2) is 47.4 Å². The summed E-state index contributed by atoms with van der Waals surface area (Å²) in [5, 5.41) is 7.17. The first-order chi connectivity index (χ1) is 12.6. The molecule has 2 heterocycles. The number of benzene rings is 1. The second-order valence-corrected chi connectivity index (χ2v) is 6.89. The summed E-state index contributed by atoms with van der Waals surface area (Å²) in [5.74, 6) is -0.222. The molecule has 6 heteroatoms. The fourth-order valence-electron chi connectivity index (χ4n) is 3.60. The maximum atomic E-state index is 12.4. The van der Waals surface area contributed by atoms with E-state index in [-0.39, 0.29) is 24.2 Å². The molecule has 1 N–H and O–H groups in total. The molecule has 0 bridgehead atoms. The number of nitrogens with one attached hydrogen (secondary N) is 1. The smallest absolute Gasteiger partial charge is 0.348 e. The van der Waals surface area contributed by atoms with E-state index in [1.165, 1.54) is 33.1 Å². The summed E-state index contributed by atoms with van der Waals surface area (Å²) in [7, 11) is 0. The van der Waals surface area contributed by atoms with E-state index >= 15 is 0 Å². The molecule has 1 unspecified atom stereocenters. The van der Waals surface area contributed by atoms with Crippen molar-refractivity contribution in [2.75, 3.05) is 0 Å². The lowest BCUT2D eigenvalue weighted by Gasteiger charge is -2.20. The highest BCUT2D eigenvalue weighted by atomic mass is 16.2. The molecule has 2 aromatic heterocycles. The van der Waals surface area contributed by atoms with Gasteiger partial charge in [-0.15, -0.1) is 5.10 Å². The Kier molecular flexibility index (Phi) is 4.32. The van der Waals surface area contributed by atoms with E-state index in [9.17, 15) is 9.59 Å². The summed E-state index contributed by atoms with van der Waals surface area (Å²) in [6.07, 6.45) is 6.39. The van der Waals surface area contributed by atoms with E-state index in [0.717, 1.165) is 18.4 Å². The number of hydrogen-bond donors (Lipinski definition) is 1. The average molecular weight is 350 g/mol. The molecule has 1 atom stereocenters. The predicted octanol–water partition coefficient (Wildman–Crippen LogP) is 2.25. The molecule has 26 heavy (non-hydrogen) atoms. The summed E-state index contributed by atoms with van der Waals surface area (Å²) in [6.45, 7) is 1.88. The van der Waals surface area contributed by atoms with Crippen molar-refractivity contribution >= 4 is 11.6 Å². The molecule has 4 rings (SSSR count). The van der Waals surface area contributed by atoms with Crippen LogP contribution in [0.25, 0.3) is 5.65 Å². The lowest BCUT2D eigenvalue weighted by Crippen LogP contribution is -2.34. The molecule has 134 valence electrons. The highest BCUT2D eigenvalue weighted by Gasteiger charge is 2.16. The van der Waals surface area contributed by atoms with E-state index in [1.807, 2.05) is 13.0 Å². The Hall–Kier alpha value is -2.89. The second-order valence-electron chi connectivity index (χ2n) is 6.89. The van der Waals surface area contributed by atoms with Crippen molar-refractivity contribution in [3.8, 4) is 0 Å². The van der Waals surface area contributed by atoms with Crippen LogP contribution in [-0.4, -0.2) is 20.1 Å². The maximum Gasteiger partial charge on any atom is 0.350 e. The Bertz CT molecular complexity index is 1020. The van der Waals surface area contributed by atoms with Gasteiger partial charge in [0.25, 0.3) is 0 Å². The summed E-state index contributed by atoms with van der Waals surface area (Å²) in [4.78, 5) is 24.7. The van der Waals surface area contributed by atoms with Crippen LogP contribution < -0.4 is 11.0 Å². The van der Waals surface area contributed by atoms with Crippen molar-refractivity contribution < 1.29 is 4.79 Å². The van der Waals surface area contributed by atoms with E-state index < -0.39 is 0 Å². The monoisotopic (exact) mass is 350 g/mol. The molecule has 1 aliphatic rings. The van der Waals surface area contributed by atoms with Crippen molar-refractivity contribution in [3.05, 3.63) is 69.8 Å². The number of rotatable bonds is 4. The van der Waals surface area contributed by atoms with Gasteiger partial charge in [-0.05, 0) is 61.4 Å². The quantitative estimate of drug-likeness (QED) is 0.785. The molecular weight excluding hydrogens is 328 g/mol. The zero-order valence-corrected chi connectivity index (χ0v) is 14.8. The number of fused-ring (bicyclic) bond motifs is 2. The fourth-order valence-corrected chi connectivity index (χ4v) is 3.60. The van der Waals surface area contributed by atoms with Crippen LogP contribution in [0.5, 0.6) is 0 Å². The highest BCUT2D eigenvalue weighted by molar-refractivity contribution is 5.76. The Balaban J connectivity index is 1.47. The molecule has 1 aromatic carbocycles. The largest absolute Gasteiger partial charge is 0.350 e. The van der Waals surface area contributed by atoms with Gasteiger partial charge in [0.05, 0.1) is 6.04 Å². The Morgan fingerprint density at radius 3 is 2.81 bits per heavy atom. The summed E-state index contributed by atoms with van der Waals surface area (Å²) < 4.78 is 2.63.